The van der Waals surface area contributed by atoms with Gasteiger partial charge in [-0.2, -0.15) is 0 Å². The Bertz CT molecular complexity index is 1010. The molecule has 0 saturated carbocycles. The van der Waals surface area contributed by atoms with Crippen LogP contribution in [-0.2, 0) is 23.7 Å². The van der Waals surface area contributed by atoms with Gasteiger partial charge in [-0.3, -0.25) is 9.59 Å². The smallest absolute Gasteiger partial charge is 0.587 e. The molecule has 3 aliphatic rings. The summed E-state index contributed by atoms with van der Waals surface area (Å²) in [5.74, 6) is -1.81. The second-order valence-electron chi connectivity index (χ2n) is 9.87. The fourth-order valence-corrected chi connectivity index (χ4v) is 6.36. The van der Waals surface area contributed by atoms with Crippen molar-refractivity contribution in [3.8, 4) is 0 Å². The van der Waals surface area contributed by atoms with Crippen molar-refractivity contribution in [1.82, 2.24) is 5.32 Å². The van der Waals surface area contributed by atoms with Crippen LogP contribution in [-0.4, -0.2) is 60.4 Å². The molecule has 178 valence electrons. The molecular weight excluding hydrogens is 470 g/mol. The van der Waals surface area contributed by atoms with Crippen LogP contribution in [0, 0.1) is 5.92 Å². The highest BCUT2D eigenvalue weighted by molar-refractivity contribution is 6.68. The van der Waals surface area contributed by atoms with Crippen molar-refractivity contribution in [3.63, 3.8) is 0 Å². The van der Waals surface area contributed by atoms with Crippen molar-refractivity contribution in [2.75, 3.05) is 13.6 Å². The van der Waals surface area contributed by atoms with Gasteiger partial charge < -0.3 is 19.0 Å². The highest BCUT2D eigenvalue weighted by atomic mass is 35.5. The Morgan fingerprint density at radius 3 is 2.33 bits per heavy atom. The zero-order valence-corrected chi connectivity index (χ0v) is 20.3. The average molecular weight is 497 g/mol. The van der Waals surface area contributed by atoms with E-state index in [2.05, 4.69) is 5.32 Å². The molecule has 0 bridgehead atoms. The van der Waals surface area contributed by atoms with Crippen LogP contribution in [0.25, 0.3) is 0 Å². The Morgan fingerprint density at radius 1 is 1.15 bits per heavy atom. The number of halogens is 2. The van der Waals surface area contributed by atoms with Gasteiger partial charge in [0, 0.05) is 24.9 Å². The third kappa shape index (κ3) is 3.84. The van der Waals surface area contributed by atoms with E-state index in [9.17, 15) is 19.2 Å². The molecule has 1 aromatic carbocycles. The fourth-order valence-electron chi connectivity index (χ4n) is 5.99. The minimum Gasteiger partial charge on any atom is -0.600 e. The lowest BCUT2D eigenvalue weighted by atomic mass is 9.51. The number of ketones is 1. The van der Waals surface area contributed by atoms with Gasteiger partial charge in [0.15, 0.2) is 0 Å². The summed E-state index contributed by atoms with van der Waals surface area (Å²) < 4.78 is 11.8. The highest BCUT2D eigenvalue weighted by Crippen LogP contribution is 2.55. The third-order valence-electron chi connectivity index (χ3n) is 7.43. The Kier molecular flexibility index (Phi) is 6.26. The van der Waals surface area contributed by atoms with E-state index in [1.807, 2.05) is 20.9 Å². The molecule has 11 heteroatoms. The van der Waals surface area contributed by atoms with Gasteiger partial charge in [-0.05, 0) is 36.4 Å². The standard InChI is InChI=1S/C22H27BCl2N2O6/c1-12(2)8-13(9-15(28)11-26-20(29)16-10-14(24)4-5-17(16)25)23-27(3)18(21(30)32-23)6-7-19(27)22(31)33-23/h4-5,10,12-13,18-19H,6-9,11H2,1-3H3,(H,26,29)/t13-,18-,19+,23?,27?/m1/s1. The van der Waals surface area contributed by atoms with Gasteiger partial charge in [0.1, 0.15) is 17.9 Å². The monoisotopic (exact) mass is 496 g/mol. The first-order chi connectivity index (χ1) is 15.5. The molecule has 3 heterocycles. The largest absolute Gasteiger partial charge is 0.600 e. The predicted octanol–water partition coefficient (Wildman–Crippen LogP) is 3.13. The molecule has 3 aliphatic heterocycles. The number of Topliss-reactive ketones (excluding diaryl/α,β-unsaturated/α-hetero) is 1. The Morgan fingerprint density at radius 2 is 1.76 bits per heavy atom. The first-order valence-electron chi connectivity index (χ1n) is 11.2. The van der Waals surface area contributed by atoms with Gasteiger partial charge in [-0.1, -0.05) is 43.5 Å². The molecule has 1 amide bonds. The number of likely N-dealkylation sites (N-methyl/N-ethyl adjacent to an activating group) is 1. The summed E-state index contributed by atoms with van der Waals surface area (Å²) in [6.07, 6.45) is 1.68. The van der Waals surface area contributed by atoms with Crippen molar-refractivity contribution < 1.29 is 32.9 Å². The van der Waals surface area contributed by atoms with Crippen molar-refractivity contribution in [2.24, 2.45) is 5.92 Å². The maximum absolute atomic E-state index is 13.0. The fraction of sp³-hybridized carbons (Fsp3) is 0.545. The highest BCUT2D eigenvalue weighted by Gasteiger charge is 2.77. The van der Waals surface area contributed by atoms with Crippen molar-refractivity contribution in [1.29, 1.82) is 0 Å². The van der Waals surface area contributed by atoms with Crippen LogP contribution in [0.5, 0.6) is 0 Å². The van der Waals surface area contributed by atoms with Gasteiger partial charge in [-0.15, -0.1) is 0 Å². The summed E-state index contributed by atoms with van der Waals surface area (Å²) in [6.45, 7) is 1.38. The van der Waals surface area contributed by atoms with Crippen LogP contribution in [0.2, 0.25) is 15.9 Å². The van der Waals surface area contributed by atoms with Gasteiger partial charge in [0.05, 0.1) is 17.1 Å². The Hall–Kier alpha value is -2.10. The molecule has 0 aliphatic carbocycles. The zero-order chi connectivity index (χ0) is 24.1. The second kappa shape index (κ2) is 8.60. The van der Waals surface area contributed by atoms with E-state index in [1.165, 1.54) is 12.1 Å². The minimum absolute atomic E-state index is 0.00950. The van der Waals surface area contributed by atoms with Gasteiger partial charge in [-0.25, -0.2) is 9.59 Å². The predicted molar refractivity (Wildman–Crippen MR) is 123 cm³/mol. The van der Waals surface area contributed by atoms with E-state index in [4.69, 9.17) is 32.5 Å². The Balaban J connectivity index is 1.52. The Labute approximate surface area is 202 Å². The molecule has 5 atom stereocenters. The first-order valence-corrected chi connectivity index (χ1v) is 12.0. The molecule has 0 radical (unpaired) electrons. The number of hydrogen-bond acceptors (Lipinski definition) is 6. The average Bonchev–Trinajstić information content (AvgIpc) is 3.28. The zero-order valence-electron chi connectivity index (χ0n) is 18.8. The van der Waals surface area contributed by atoms with Crippen LogP contribution in [0.1, 0.15) is 49.9 Å². The number of hydrogen-bond donors (Lipinski definition) is 1. The number of quaternary nitrogens is 1. The van der Waals surface area contributed by atoms with E-state index in [-0.39, 0.29) is 51.6 Å². The molecule has 2 unspecified atom stereocenters. The van der Waals surface area contributed by atoms with Crippen molar-refractivity contribution in [3.05, 3.63) is 33.8 Å². The minimum atomic E-state index is -2.38. The van der Waals surface area contributed by atoms with Crippen molar-refractivity contribution in [2.45, 2.75) is 57.4 Å². The summed E-state index contributed by atoms with van der Waals surface area (Å²) >= 11 is 12.0. The lowest BCUT2D eigenvalue weighted by Crippen LogP contribution is -2.66. The molecule has 0 spiro atoms. The number of nitrogens with one attached hydrogen (secondary N) is 1. The van der Waals surface area contributed by atoms with Crippen molar-refractivity contribution >= 4 is 53.5 Å². The number of nitrogens with zero attached hydrogens (tertiary/aromatic N) is 1. The quantitative estimate of drug-likeness (QED) is 0.555. The molecule has 1 N–H and O–H groups in total. The second-order valence-corrected chi connectivity index (χ2v) is 10.7. The van der Waals surface area contributed by atoms with Crippen LogP contribution in [0.3, 0.4) is 0 Å². The molecule has 0 aromatic heterocycles. The van der Waals surface area contributed by atoms with E-state index in [1.54, 1.807) is 6.07 Å². The molecule has 3 fully saturated rings. The van der Waals surface area contributed by atoms with E-state index in [0.29, 0.717) is 24.3 Å². The lowest BCUT2D eigenvalue weighted by Gasteiger charge is -2.47. The number of amides is 1. The van der Waals surface area contributed by atoms with Gasteiger partial charge in [0.25, 0.3) is 5.91 Å². The third-order valence-corrected chi connectivity index (χ3v) is 7.99. The number of carbonyl (C=O) groups is 4. The number of rotatable bonds is 8. The lowest BCUT2D eigenvalue weighted by molar-refractivity contribution is -0.829. The normalized spacial score (nSPS) is 30.7. The molecule has 33 heavy (non-hydrogen) atoms. The molecule has 3 saturated heterocycles. The van der Waals surface area contributed by atoms with Crippen LogP contribution in [0.4, 0.5) is 0 Å². The van der Waals surface area contributed by atoms with E-state index < -0.39 is 30.5 Å². The molecule has 1 aromatic rings. The number of carbonyl (C=O) groups excluding carboxylic acids is 4. The van der Waals surface area contributed by atoms with E-state index in [0.717, 1.165) is 0 Å². The van der Waals surface area contributed by atoms with Crippen LogP contribution in [0.15, 0.2) is 18.2 Å². The summed E-state index contributed by atoms with van der Waals surface area (Å²) in [5, 5.41) is 3.16. The first kappa shape index (κ1) is 24.0. The summed E-state index contributed by atoms with van der Waals surface area (Å²) in [4.78, 5) is 50.9. The molecule has 4 rings (SSSR count). The SMILES string of the molecule is CC(C)C[C@H](CC(=O)CNC(=O)c1cc(Cl)ccc1Cl)[B-]12OC(=O)[C@H]3CC[C@@H](C(=O)O1)[N+]32C. The summed E-state index contributed by atoms with van der Waals surface area (Å²) in [7, 11) is 1.85. The number of benzene rings is 1. The topological polar surface area (TPSA) is 98.8 Å². The maximum Gasteiger partial charge on any atom is 0.587 e. The van der Waals surface area contributed by atoms with Gasteiger partial charge in [0.2, 0.25) is 0 Å². The molecule has 8 nitrogen and oxygen atoms in total. The van der Waals surface area contributed by atoms with E-state index >= 15 is 0 Å². The van der Waals surface area contributed by atoms with Crippen LogP contribution < -0.4 is 5.32 Å². The van der Waals surface area contributed by atoms with Crippen LogP contribution >= 0.6 is 23.2 Å². The summed E-state index contributed by atoms with van der Waals surface area (Å²) in [5.41, 5.74) is 0.175. The van der Waals surface area contributed by atoms with Gasteiger partial charge >= 0.3 is 18.6 Å². The summed E-state index contributed by atoms with van der Waals surface area (Å²) in [6, 6.07) is 3.61. The maximum atomic E-state index is 13.0. The molecular formula is C22H27BCl2N2O6.